The zero-order chi connectivity index (χ0) is 15.1. The first kappa shape index (κ1) is 15.4. The lowest BCUT2D eigenvalue weighted by molar-refractivity contribution is 0.367. The Morgan fingerprint density at radius 1 is 1.24 bits per heavy atom. The minimum atomic E-state index is 0.0675. The number of ether oxygens (including phenoxy) is 1. The smallest absolute Gasteiger partial charge is 0.174 e. The average molecular weight is 301 g/mol. The van der Waals surface area contributed by atoms with E-state index < -0.39 is 0 Å². The lowest BCUT2D eigenvalue weighted by atomic mass is 10.1. The maximum absolute atomic E-state index is 8.52. The maximum atomic E-state index is 8.52. The molecule has 0 aliphatic rings. The van der Waals surface area contributed by atoms with Gasteiger partial charge in [0.1, 0.15) is 11.8 Å². The molecule has 0 heterocycles. The highest BCUT2D eigenvalue weighted by Gasteiger charge is 2.05. The van der Waals surface area contributed by atoms with Crippen LogP contribution >= 0.6 is 11.6 Å². The van der Waals surface area contributed by atoms with E-state index in [1.165, 1.54) is 5.56 Å². The third-order valence-electron chi connectivity index (χ3n) is 3.18. The van der Waals surface area contributed by atoms with Gasteiger partial charge in [-0.3, -0.25) is 0 Å². The highest BCUT2D eigenvalue weighted by atomic mass is 35.5. The van der Waals surface area contributed by atoms with E-state index in [2.05, 4.69) is 12.2 Å². The van der Waals surface area contributed by atoms with Gasteiger partial charge in [0.25, 0.3) is 0 Å². The van der Waals surface area contributed by atoms with Crippen LogP contribution in [0.4, 0.5) is 0 Å². The molecule has 0 amide bonds. The quantitative estimate of drug-likeness (QED) is 0.874. The molecule has 2 aromatic rings. The van der Waals surface area contributed by atoms with Crippen molar-refractivity contribution in [3.8, 4) is 11.8 Å². The Bertz CT molecular complexity index is 619. The van der Waals surface area contributed by atoms with Crippen molar-refractivity contribution in [1.82, 2.24) is 5.32 Å². The molecule has 0 aromatic heterocycles. The van der Waals surface area contributed by atoms with Gasteiger partial charge in [-0.15, -0.1) is 0 Å². The van der Waals surface area contributed by atoms with Crippen molar-refractivity contribution in [2.45, 2.75) is 19.5 Å². The number of rotatable bonds is 6. The van der Waals surface area contributed by atoms with Crippen LogP contribution < -0.4 is 10.1 Å². The SMILES string of the molecule is CC(NCc1cccc(OCC#N)c1)c1ccc(Cl)cc1. The van der Waals surface area contributed by atoms with E-state index in [-0.39, 0.29) is 12.6 Å². The van der Waals surface area contributed by atoms with E-state index in [1.807, 2.05) is 54.6 Å². The Balaban J connectivity index is 1.93. The van der Waals surface area contributed by atoms with Crippen LogP contribution in [0.3, 0.4) is 0 Å². The van der Waals surface area contributed by atoms with Crippen LogP contribution in [0.5, 0.6) is 5.75 Å². The first-order valence-corrected chi connectivity index (χ1v) is 7.14. The van der Waals surface area contributed by atoms with Crippen LogP contribution in [0.1, 0.15) is 24.1 Å². The number of benzene rings is 2. The summed E-state index contributed by atoms with van der Waals surface area (Å²) in [5, 5.41) is 12.7. The van der Waals surface area contributed by atoms with Crippen molar-refractivity contribution in [2.24, 2.45) is 0 Å². The van der Waals surface area contributed by atoms with Crippen molar-refractivity contribution >= 4 is 11.6 Å². The van der Waals surface area contributed by atoms with E-state index in [4.69, 9.17) is 21.6 Å². The molecule has 108 valence electrons. The van der Waals surface area contributed by atoms with E-state index >= 15 is 0 Å². The summed E-state index contributed by atoms with van der Waals surface area (Å²) in [4.78, 5) is 0. The second-order valence-electron chi connectivity index (χ2n) is 4.75. The Morgan fingerprint density at radius 2 is 2.00 bits per heavy atom. The van der Waals surface area contributed by atoms with Crippen LogP contribution in [0.2, 0.25) is 5.02 Å². The number of nitriles is 1. The van der Waals surface area contributed by atoms with E-state index in [9.17, 15) is 0 Å². The van der Waals surface area contributed by atoms with Crippen LogP contribution in [-0.4, -0.2) is 6.61 Å². The van der Waals surface area contributed by atoms with Gasteiger partial charge in [-0.1, -0.05) is 35.9 Å². The minimum absolute atomic E-state index is 0.0675. The van der Waals surface area contributed by atoms with Crippen molar-refractivity contribution in [3.05, 3.63) is 64.7 Å². The van der Waals surface area contributed by atoms with Gasteiger partial charge >= 0.3 is 0 Å². The number of halogens is 1. The summed E-state index contributed by atoms with van der Waals surface area (Å²) in [7, 11) is 0. The molecule has 1 N–H and O–H groups in total. The highest BCUT2D eigenvalue weighted by Crippen LogP contribution is 2.18. The Morgan fingerprint density at radius 3 is 2.71 bits per heavy atom. The number of hydrogen-bond donors (Lipinski definition) is 1. The molecule has 0 aliphatic carbocycles. The van der Waals surface area contributed by atoms with Crippen LogP contribution in [0.15, 0.2) is 48.5 Å². The number of nitrogens with zero attached hydrogens (tertiary/aromatic N) is 1. The summed E-state index contributed by atoms with van der Waals surface area (Å²) in [6, 6.07) is 17.8. The van der Waals surface area contributed by atoms with Gasteiger partial charge < -0.3 is 10.1 Å². The third kappa shape index (κ3) is 4.78. The molecule has 0 fully saturated rings. The molecule has 1 atom stereocenters. The Labute approximate surface area is 130 Å². The monoisotopic (exact) mass is 300 g/mol. The van der Waals surface area contributed by atoms with Crippen LogP contribution in [0, 0.1) is 11.3 Å². The molecule has 0 aliphatic heterocycles. The van der Waals surface area contributed by atoms with Gasteiger partial charge in [-0.2, -0.15) is 5.26 Å². The zero-order valence-electron chi connectivity index (χ0n) is 11.8. The molecule has 3 nitrogen and oxygen atoms in total. The first-order chi connectivity index (χ1) is 10.2. The predicted octanol–water partition coefficient (Wildman–Crippen LogP) is 4.09. The fraction of sp³-hybridized carbons (Fsp3) is 0.235. The van der Waals surface area contributed by atoms with Gasteiger partial charge in [0.2, 0.25) is 0 Å². The molecular formula is C17H17ClN2O. The van der Waals surface area contributed by atoms with Gasteiger partial charge in [-0.05, 0) is 42.3 Å². The molecule has 1 unspecified atom stereocenters. The largest absolute Gasteiger partial charge is 0.479 e. The van der Waals surface area contributed by atoms with E-state index in [0.29, 0.717) is 0 Å². The van der Waals surface area contributed by atoms with Crippen molar-refractivity contribution < 1.29 is 4.74 Å². The molecule has 0 spiro atoms. The summed E-state index contributed by atoms with van der Waals surface area (Å²) >= 11 is 5.89. The second kappa shape index (κ2) is 7.68. The third-order valence-corrected chi connectivity index (χ3v) is 3.44. The normalized spacial score (nSPS) is 11.7. The minimum Gasteiger partial charge on any atom is -0.479 e. The average Bonchev–Trinajstić information content (AvgIpc) is 2.52. The highest BCUT2D eigenvalue weighted by molar-refractivity contribution is 6.30. The van der Waals surface area contributed by atoms with Crippen LogP contribution in [-0.2, 0) is 6.54 Å². The molecule has 4 heteroatoms. The molecular weight excluding hydrogens is 284 g/mol. The summed E-state index contributed by atoms with van der Waals surface area (Å²) in [5.74, 6) is 0.718. The van der Waals surface area contributed by atoms with Gasteiger partial charge in [0.05, 0.1) is 0 Å². The predicted molar refractivity (Wildman–Crippen MR) is 84.3 cm³/mol. The fourth-order valence-corrected chi connectivity index (χ4v) is 2.13. The molecule has 2 rings (SSSR count). The summed E-state index contributed by atoms with van der Waals surface area (Å²) in [6.07, 6.45) is 0. The zero-order valence-corrected chi connectivity index (χ0v) is 12.6. The van der Waals surface area contributed by atoms with Gasteiger partial charge in [-0.25, -0.2) is 0 Å². The molecule has 0 bridgehead atoms. The second-order valence-corrected chi connectivity index (χ2v) is 5.18. The Kier molecular flexibility index (Phi) is 5.62. The van der Waals surface area contributed by atoms with Crippen molar-refractivity contribution in [3.63, 3.8) is 0 Å². The summed E-state index contributed by atoms with van der Waals surface area (Å²) in [5.41, 5.74) is 2.31. The number of hydrogen-bond acceptors (Lipinski definition) is 3. The van der Waals surface area contributed by atoms with Crippen molar-refractivity contribution in [2.75, 3.05) is 6.61 Å². The molecule has 0 saturated carbocycles. The molecule has 0 radical (unpaired) electrons. The summed E-state index contributed by atoms with van der Waals surface area (Å²) < 4.78 is 5.30. The first-order valence-electron chi connectivity index (χ1n) is 6.76. The molecule has 2 aromatic carbocycles. The van der Waals surface area contributed by atoms with Gasteiger partial charge in [0.15, 0.2) is 6.61 Å². The van der Waals surface area contributed by atoms with Crippen LogP contribution in [0.25, 0.3) is 0 Å². The molecule has 21 heavy (non-hydrogen) atoms. The topological polar surface area (TPSA) is 45.0 Å². The van der Waals surface area contributed by atoms with Gasteiger partial charge in [0, 0.05) is 17.6 Å². The fourth-order valence-electron chi connectivity index (χ4n) is 2.00. The Hall–Kier alpha value is -2.02. The lowest BCUT2D eigenvalue weighted by Gasteiger charge is -2.15. The summed E-state index contributed by atoms with van der Waals surface area (Å²) in [6.45, 7) is 2.91. The standard InChI is InChI=1S/C17H17ClN2O/c1-13(15-5-7-16(18)8-6-15)20-12-14-3-2-4-17(11-14)21-10-9-19/h2-8,11,13,20H,10,12H2,1H3. The number of nitrogens with one attached hydrogen (secondary N) is 1. The van der Waals surface area contributed by atoms with E-state index in [0.717, 1.165) is 22.9 Å². The lowest BCUT2D eigenvalue weighted by Crippen LogP contribution is -2.18. The van der Waals surface area contributed by atoms with E-state index in [1.54, 1.807) is 0 Å². The molecule has 0 saturated heterocycles. The van der Waals surface area contributed by atoms with Crippen molar-refractivity contribution in [1.29, 1.82) is 5.26 Å². The maximum Gasteiger partial charge on any atom is 0.174 e.